The third kappa shape index (κ3) is 4.67. The highest BCUT2D eigenvalue weighted by Gasteiger charge is 2.37. The lowest BCUT2D eigenvalue weighted by Gasteiger charge is -2.45. The minimum atomic E-state index is 0.450. The maximum absolute atomic E-state index is 5.59. The summed E-state index contributed by atoms with van der Waals surface area (Å²) in [6.07, 6.45) is 4.11. The molecule has 2 rings (SSSR count). The number of rotatable bonds is 4. The maximum Gasteiger partial charge on any atom is 0.0619 e. The van der Waals surface area contributed by atoms with E-state index in [0.717, 1.165) is 38.1 Å². The molecule has 0 aromatic rings. The van der Waals surface area contributed by atoms with Crippen LogP contribution < -0.4 is 5.32 Å². The zero-order chi connectivity index (χ0) is 15.5. The van der Waals surface area contributed by atoms with Crippen molar-refractivity contribution < 1.29 is 4.74 Å². The average molecular weight is 296 g/mol. The Hall–Kier alpha value is -0.120. The predicted octanol–water partition coefficient (Wildman–Crippen LogP) is 3.15. The van der Waals surface area contributed by atoms with Crippen molar-refractivity contribution in [3.05, 3.63) is 0 Å². The third-order valence-corrected chi connectivity index (χ3v) is 5.65. The van der Waals surface area contributed by atoms with Crippen LogP contribution >= 0.6 is 0 Å². The van der Waals surface area contributed by atoms with E-state index >= 15 is 0 Å². The van der Waals surface area contributed by atoms with Gasteiger partial charge in [-0.2, -0.15) is 0 Å². The molecule has 1 saturated carbocycles. The van der Waals surface area contributed by atoms with Crippen molar-refractivity contribution in [3.63, 3.8) is 0 Å². The van der Waals surface area contributed by atoms with Gasteiger partial charge in [0.1, 0.15) is 0 Å². The van der Waals surface area contributed by atoms with Crippen molar-refractivity contribution in [2.75, 3.05) is 32.8 Å². The Kier molecular flexibility index (Phi) is 6.10. The summed E-state index contributed by atoms with van der Waals surface area (Å²) >= 11 is 0. The van der Waals surface area contributed by atoms with Crippen LogP contribution in [-0.2, 0) is 4.74 Å². The highest BCUT2D eigenvalue weighted by molar-refractivity contribution is 4.91. The van der Waals surface area contributed by atoms with E-state index in [-0.39, 0.29) is 0 Å². The van der Waals surface area contributed by atoms with E-state index in [1.807, 2.05) is 0 Å². The Morgan fingerprint density at radius 2 is 2.00 bits per heavy atom. The van der Waals surface area contributed by atoms with Crippen LogP contribution in [-0.4, -0.2) is 49.8 Å². The molecular weight excluding hydrogens is 260 g/mol. The van der Waals surface area contributed by atoms with Crippen LogP contribution in [0.15, 0.2) is 0 Å². The van der Waals surface area contributed by atoms with Crippen LogP contribution in [0.1, 0.15) is 53.9 Å². The predicted molar refractivity (Wildman–Crippen MR) is 89.6 cm³/mol. The SMILES string of the molecule is CCNC1CCC(C(C)(C)C)CC1CN1CCOCC1C. The first-order valence-corrected chi connectivity index (χ1v) is 8.97. The van der Waals surface area contributed by atoms with Crippen molar-refractivity contribution in [1.82, 2.24) is 10.2 Å². The molecular formula is C18H36N2O. The number of hydrogen-bond donors (Lipinski definition) is 1. The molecule has 1 aliphatic carbocycles. The van der Waals surface area contributed by atoms with Crippen molar-refractivity contribution >= 4 is 0 Å². The first kappa shape index (κ1) is 17.2. The molecule has 2 fully saturated rings. The molecule has 2 aliphatic rings. The maximum atomic E-state index is 5.59. The topological polar surface area (TPSA) is 24.5 Å². The lowest BCUT2D eigenvalue weighted by atomic mass is 9.67. The summed E-state index contributed by atoms with van der Waals surface area (Å²) in [4.78, 5) is 2.66. The first-order valence-electron chi connectivity index (χ1n) is 8.97. The largest absolute Gasteiger partial charge is 0.379 e. The molecule has 0 radical (unpaired) electrons. The van der Waals surface area contributed by atoms with Gasteiger partial charge in [-0.1, -0.05) is 27.7 Å². The first-order chi connectivity index (χ1) is 9.91. The van der Waals surface area contributed by atoms with Crippen LogP contribution in [0.3, 0.4) is 0 Å². The fraction of sp³-hybridized carbons (Fsp3) is 1.00. The molecule has 0 aromatic heterocycles. The number of morpholine rings is 1. The monoisotopic (exact) mass is 296 g/mol. The molecule has 0 spiro atoms. The molecule has 1 aliphatic heterocycles. The Morgan fingerprint density at radius 3 is 2.62 bits per heavy atom. The quantitative estimate of drug-likeness (QED) is 0.862. The second kappa shape index (κ2) is 7.43. The van der Waals surface area contributed by atoms with E-state index in [1.165, 1.54) is 25.8 Å². The summed E-state index contributed by atoms with van der Waals surface area (Å²) in [6, 6.07) is 1.29. The summed E-state index contributed by atoms with van der Waals surface area (Å²) in [5.74, 6) is 1.66. The van der Waals surface area contributed by atoms with Gasteiger partial charge in [-0.25, -0.2) is 0 Å². The fourth-order valence-corrected chi connectivity index (χ4v) is 4.12. The molecule has 0 aromatic carbocycles. The zero-order valence-electron chi connectivity index (χ0n) is 14.8. The van der Waals surface area contributed by atoms with Crippen LogP contribution in [0.25, 0.3) is 0 Å². The molecule has 124 valence electrons. The van der Waals surface area contributed by atoms with Crippen molar-refractivity contribution in [3.8, 4) is 0 Å². The van der Waals surface area contributed by atoms with Crippen molar-refractivity contribution in [2.24, 2.45) is 17.3 Å². The van der Waals surface area contributed by atoms with Gasteiger partial charge < -0.3 is 10.1 Å². The number of nitrogens with zero attached hydrogens (tertiary/aromatic N) is 1. The molecule has 4 unspecified atom stereocenters. The molecule has 3 heteroatoms. The molecule has 0 bridgehead atoms. The Labute approximate surface area is 131 Å². The molecule has 4 atom stereocenters. The summed E-state index contributed by atoms with van der Waals surface area (Å²) < 4.78 is 5.59. The van der Waals surface area contributed by atoms with Crippen LogP contribution in [0, 0.1) is 17.3 Å². The summed E-state index contributed by atoms with van der Waals surface area (Å²) in [6.45, 7) is 17.1. The molecule has 1 N–H and O–H groups in total. The molecule has 1 heterocycles. The lowest BCUT2D eigenvalue weighted by Crippen LogP contribution is -2.51. The van der Waals surface area contributed by atoms with Gasteiger partial charge in [0.05, 0.1) is 13.2 Å². The van der Waals surface area contributed by atoms with Gasteiger partial charge in [-0.3, -0.25) is 4.90 Å². The normalized spacial score (nSPS) is 35.9. The third-order valence-electron chi connectivity index (χ3n) is 5.65. The second-order valence-electron chi connectivity index (χ2n) is 8.22. The minimum Gasteiger partial charge on any atom is -0.379 e. The molecule has 1 saturated heterocycles. The van der Waals surface area contributed by atoms with Crippen molar-refractivity contribution in [2.45, 2.75) is 66.0 Å². The van der Waals surface area contributed by atoms with Gasteiger partial charge in [0.15, 0.2) is 0 Å². The lowest BCUT2D eigenvalue weighted by molar-refractivity contribution is -0.0181. The molecule has 21 heavy (non-hydrogen) atoms. The summed E-state index contributed by atoms with van der Waals surface area (Å²) in [5.41, 5.74) is 0.450. The molecule has 3 nitrogen and oxygen atoms in total. The standard InChI is InChI=1S/C18H36N2O/c1-6-19-17-8-7-16(18(3,4)5)11-15(17)12-20-9-10-21-13-14(20)2/h14-17,19H,6-13H2,1-5H3. The van der Waals surface area contributed by atoms with Gasteiger partial charge in [0, 0.05) is 25.2 Å². The Morgan fingerprint density at radius 1 is 1.24 bits per heavy atom. The van der Waals surface area contributed by atoms with E-state index in [2.05, 4.69) is 44.8 Å². The minimum absolute atomic E-state index is 0.450. The van der Waals surface area contributed by atoms with Crippen LogP contribution in [0.5, 0.6) is 0 Å². The summed E-state index contributed by atoms with van der Waals surface area (Å²) in [5, 5.41) is 3.75. The van der Waals surface area contributed by atoms with E-state index in [4.69, 9.17) is 4.74 Å². The van der Waals surface area contributed by atoms with Gasteiger partial charge in [0.25, 0.3) is 0 Å². The van der Waals surface area contributed by atoms with E-state index < -0.39 is 0 Å². The highest BCUT2D eigenvalue weighted by atomic mass is 16.5. The summed E-state index contributed by atoms with van der Waals surface area (Å²) in [7, 11) is 0. The highest BCUT2D eigenvalue weighted by Crippen LogP contribution is 2.40. The number of ether oxygens (including phenoxy) is 1. The number of hydrogen-bond acceptors (Lipinski definition) is 3. The zero-order valence-corrected chi connectivity index (χ0v) is 14.8. The van der Waals surface area contributed by atoms with Crippen molar-refractivity contribution in [1.29, 1.82) is 0 Å². The average Bonchev–Trinajstić information content (AvgIpc) is 2.42. The van der Waals surface area contributed by atoms with E-state index in [0.29, 0.717) is 17.5 Å². The van der Waals surface area contributed by atoms with Gasteiger partial charge in [-0.15, -0.1) is 0 Å². The molecule has 0 amide bonds. The van der Waals surface area contributed by atoms with Gasteiger partial charge in [-0.05, 0) is 50.0 Å². The second-order valence-corrected chi connectivity index (χ2v) is 8.22. The van der Waals surface area contributed by atoms with E-state index in [1.54, 1.807) is 0 Å². The fourth-order valence-electron chi connectivity index (χ4n) is 4.12. The van der Waals surface area contributed by atoms with Crippen LogP contribution in [0.2, 0.25) is 0 Å². The Bertz CT molecular complexity index is 313. The number of nitrogens with one attached hydrogen (secondary N) is 1. The smallest absolute Gasteiger partial charge is 0.0619 e. The van der Waals surface area contributed by atoms with Crippen LogP contribution in [0.4, 0.5) is 0 Å². The van der Waals surface area contributed by atoms with Gasteiger partial charge in [0.2, 0.25) is 0 Å². The van der Waals surface area contributed by atoms with Gasteiger partial charge >= 0.3 is 0 Å². The van der Waals surface area contributed by atoms with E-state index in [9.17, 15) is 0 Å². The Balaban J connectivity index is 1.99.